The Morgan fingerprint density at radius 1 is 1.09 bits per heavy atom. The van der Waals surface area contributed by atoms with Gasteiger partial charge < -0.3 is 14.8 Å². The Hall–Kier alpha value is -3.15. The van der Waals surface area contributed by atoms with Crippen LogP contribution in [0, 0.1) is 17.1 Å². The Balaban J connectivity index is 1.86. The number of ether oxygens (including phenoxy) is 2. The van der Waals surface area contributed by atoms with Crippen molar-refractivity contribution in [1.29, 1.82) is 5.26 Å². The third-order valence-electron chi connectivity index (χ3n) is 4.45. The second-order valence-electron chi connectivity index (χ2n) is 6.77. The summed E-state index contributed by atoms with van der Waals surface area (Å²) in [7, 11) is 0. The quantitative estimate of drug-likeness (QED) is 0.236. The lowest BCUT2D eigenvalue weighted by atomic mass is 10.1. The van der Waals surface area contributed by atoms with E-state index in [1.165, 1.54) is 12.1 Å². The highest BCUT2D eigenvalue weighted by Crippen LogP contribution is 2.35. The maximum Gasteiger partial charge on any atom is 0.266 e. The summed E-state index contributed by atoms with van der Waals surface area (Å²) in [6.07, 6.45) is 1.46. The van der Waals surface area contributed by atoms with Crippen molar-refractivity contribution in [1.82, 2.24) is 0 Å². The maximum atomic E-state index is 13.9. The number of nitriles is 1. The molecule has 0 saturated heterocycles. The van der Waals surface area contributed by atoms with E-state index in [-0.39, 0.29) is 18.0 Å². The van der Waals surface area contributed by atoms with Crippen LogP contribution in [0.1, 0.15) is 18.1 Å². The van der Waals surface area contributed by atoms with Gasteiger partial charge >= 0.3 is 0 Å². The predicted octanol–water partition coefficient (Wildman–Crippen LogP) is 6.87. The molecule has 5 nitrogen and oxygen atoms in total. The van der Waals surface area contributed by atoms with Crippen molar-refractivity contribution < 1.29 is 18.7 Å². The molecule has 3 aromatic carbocycles. The van der Waals surface area contributed by atoms with Gasteiger partial charge in [0, 0.05) is 20.2 Å². The zero-order chi connectivity index (χ0) is 23.8. The number of hydrogen-bond donors (Lipinski definition) is 1. The van der Waals surface area contributed by atoms with Gasteiger partial charge in [-0.15, -0.1) is 0 Å². The molecule has 0 aliphatic carbocycles. The van der Waals surface area contributed by atoms with Crippen LogP contribution >= 0.6 is 31.9 Å². The van der Waals surface area contributed by atoms with E-state index in [1.54, 1.807) is 48.5 Å². The number of rotatable bonds is 8. The first-order chi connectivity index (χ1) is 15.9. The third-order valence-corrected chi connectivity index (χ3v) is 5.63. The first kappa shape index (κ1) is 24.5. The highest BCUT2D eigenvalue weighted by molar-refractivity contribution is 9.10. The molecular weight excluding hydrogens is 555 g/mol. The molecule has 0 aliphatic heterocycles. The topological polar surface area (TPSA) is 71.3 Å². The van der Waals surface area contributed by atoms with Crippen molar-refractivity contribution in [2.75, 3.05) is 11.9 Å². The summed E-state index contributed by atoms with van der Waals surface area (Å²) in [5.74, 6) is -0.0845. The monoisotopic (exact) mass is 572 g/mol. The van der Waals surface area contributed by atoms with E-state index >= 15 is 0 Å². The zero-order valence-corrected chi connectivity index (χ0v) is 20.7. The number of benzene rings is 3. The molecule has 0 unspecified atom stereocenters. The third kappa shape index (κ3) is 6.67. The molecule has 1 amide bonds. The van der Waals surface area contributed by atoms with Crippen LogP contribution < -0.4 is 14.8 Å². The molecule has 0 fully saturated rings. The number of carbonyl (C=O) groups is 1. The Kier molecular flexibility index (Phi) is 8.64. The van der Waals surface area contributed by atoms with Crippen LogP contribution in [0.25, 0.3) is 6.08 Å². The normalized spacial score (nSPS) is 10.9. The summed E-state index contributed by atoms with van der Waals surface area (Å²) >= 11 is 6.80. The highest BCUT2D eigenvalue weighted by atomic mass is 79.9. The number of amides is 1. The predicted molar refractivity (Wildman–Crippen MR) is 132 cm³/mol. The van der Waals surface area contributed by atoms with E-state index in [0.717, 1.165) is 4.47 Å². The van der Waals surface area contributed by atoms with Crippen LogP contribution in [-0.4, -0.2) is 12.5 Å². The first-order valence-corrected chi connectivity index (χ1v) is 11.5. The summed E-state index contributed by atoms with van der Waals surface area (Å²) in [5, 5.41) is 12.3. The van der Waals surface area contributed by atoms with Crippen molar-refractivity contribution in [3.05, 3.63) is 92.1 Å². The summed E-state index contributed by atoms with van der Waals surface area (Å²) in [6.45, 7) is 2.21. The fourth-order valence-electron chi connectivity index (χ4n) is 2.88. The molecule has 0 aliphatic rings. The lowest BCUT2D eigenvalue weighted by Crippen LogP contribution is -2.13. The van der Waals surface area contributed by atoms with Crippen molar-refractivity contribution in [2.24, 2.45) is 0 Å². The number of anilines is 1. The van der Waals surface area contributed by atoms with Gasteiger partial charge in [-0.1, -0.05) is 56.1 Å². The van der Waals surface area contributed by atoms with Gasteiger partial charge in [0.05, 0.1) is 6.61 Å². The van der Waals surface area contributed by atoms with E-state index in [9.17, 15) is 14.4 Å². The number of nitrogens with one attached hydrogen (secondary N) is 1. The van der Waals surface area contributed by atoms with Gasteiger partial charge in [0.2, 0.25) is 0 Å². The van der Waals surface area contributed by atoms with E-state index in [0.29, 0.717) is 39.4 Å². The minimum Gasteiger partial charge on any atom is -0.490 e. The summed E-state index contributed by atoms with van der Waals surface area (Å²) < 4.78 is 26.8. The Morgan fingerprint density at radius 2 is 1.85 bits per heavy atom. The van der Waals surface area contributed by atoms with E-state index in [2.05, 4.69) is 37.2 Å². The molecule has 3 aromatic rings. The number of carbonyl (C=O) groups excluding carboxylic acids is 1. The van der Waals surface area contributed by atoms with Gasteiger partial charge in [-0.25, -0.2) is 4.39 Å². The van der Waals surface area contributed by atoms with E-state index in [4.69, 9.17) is 9.47 Å². The van der Waals surface area contributed by atoms with Crippen molar-refractivity contribution in [2.45, 2.75) is 13.5 Å². The molecule has 0 aromatic heterocycles. The van der Waals surface area contributed by atoms with Crippen LogP contribution in [0.5, 0.6) is 11.5 Å². The van der Waals surface area contributed by atoms with Crippen molar-refractivity contribution in [3.63, 3.8) is 0 Å². The standard InChI is InChI=1S/C25H19Br2FN2O3/c1-2-32-23-11-17(10-18(14-29)25(31)30-20-8-5-7-19(26)12-20)21(27)13-24(23)33-15-16-6-3-4-9-22(16)28/h3-13H,2,15H2,1H3,(H,30,31)/b18-10-. The maximum absolute atomic E-state index is 13.9. The van der Waals surface area contributed by atoms with Crippen LogP contribution in [0.2, 0.25) is 0 Å². The van der Waals surface area contributed by atoms with Crippen LogP contribution in [0.4, 0.5) is 10.1 Å². The summed E-state index contributed by atoms with van der Waals surface area (Å²) in [4.78, 5) is 12.6. The molecule has 0 atom stereocenters. The lowest BCUT2D eigenvalue weighted by molar-refractivity contribution is -0.112. The lowest BCUT2D eigenvalue weighted by Gasteiger charge is -2.14. The molecule has 33 heavy (non-hydrogen) atoms. The van der Waals surface area contributed by atoms with Gasteiger partial charge in [-0.2, -0.15) is 5.26 Å². The molecule has 1 N–H and O–H groups in total. The first-order valence-electron chi connectivity index (χ1n) is 9.92. The van der Waals surface area contributed by atoms with Gasteiger partial charge in [0.25, 0.3) is 5.91 Å². The van der Waals surface area contributed by atoms with E-state index in [1.807, 2.05) is 19.1 Å². The van der Waals surface area contributed by atoms with Crippen LogP contribution in [-0.2, 0) is 11.4 Å². The van der Waals surface area contributed by atoms with Crippen LogP contribution in [0.15, 0.2) is 75.2 Å². The second-order valence-corrected chi connectivity index (χ2v) is 8.54. The molecule has 0 saturated carbocycles. The number of hydrogen-bond acceptors (Lipinski definition) is 4. The Bertz CT molecular complexity index is 1240. The van der Waals surface area contributed by atoms with Crippen LogP contribution in [0.3, 0.4) is 0 Å². The molecule has 3 rings (SSSR count). The largest absolute Gasteiger partial charge is 0.490 e. The van der Waals surface area contributed by atoms with Gasteiger partial charge in [-0.05, 0) is 55.0 Å². The molecule has 0 radical (unpaired) electrons. The number of nitrogens with zero attached hydrogens (tertiary/aromatic N) is 1. The summed E-state index contributed by atoms with van der Waals surface area (Å²) in [5.41, 5.74) is 1.44. The van der Waals surface area contributed by atoms with Crippen molar-refractivity contribution in [3.8, 4) is 17.6 Å². The molecule has 168 valence electrons. The fourth-order valence-corrected chi connectivity index (χ4v) is 3.72. The molecular formula is C25H19Br2FN2O3. The SMILES string of the molecule is CCOc1cc(/C=C(/C#N)C(=O)Nc2cccc(Br)c2)c(Br)cc1OCc1ccccc1F. The van der Waals surface area contributed by atoms with Crippen molar-refractivity contribution >= 4 is 49.5 Å². The molecule has 0 bridgehead atoms. The summed E-state index contributed by atoms with van der Waals surface area (Å²) in [6, 6.07) is 18.7. The second kappa shape index (κ2) is 11.6. The molecule has 0 heterocycles. The smallest absolute Gasteiger partial charge is 0.266 e. The Labute approximate surface area is 208 Å². The van der Waals surface area contributed by atoms with Gasteiger partial charge in [-0.3, -0.25) is 4.79 Å². The Morgan fingerprint density at radius 3 is 2.55 bits per heavy atom. The average molecular weight is 574 g/mol. The van der Waals surface area contributed by atoms with Gasteiger partial charge in [0.1, 0.15) is 24.1 Å². The minimum absolute atomic E-state index is 0.0207. The van der Waals surface area contributed by atoms with E-state index < -0.39 is 5.91 Å². The highest BCUT2D eigenvalue weighted by Gasteiger charge is 2.15. The number of halogens is 3. The molecule has 0 spiro atoms. The molecule has 8 heteroatoms. The minimum atomic E-state index is -0.541. The average Bonchev–Trinajstić information content (AvgIpc) is 2.79. The zero-order valence-electron chi connectivity index (χ0n) is 17.6. The van der Waals surface area contributed by atoms with Gasteiger partial charge in [0.15, 0.2) is 11.5 Å². The fraction of sp³-hybridized carbons (Fsp3) is 0.120.